The second-order valence-corrected chi connectivity index (χ2v) is 4.72. The maximum atomic E-state index is 5.68. The maximum Gasteiger partial charge on any atom is 0.122 e. The van der Waals surface area contributed by atoms with Crippen LogP contribution in [0.15, 0.2) is 16.7 Å². The van der Waals surface area contributed by atoms with Gasteiger partial charge in [-0.15, -0.1) is 0 Å². The van der Waals surface area contributed by atoms with Crippen LogP contribution in [-0.4, -0.2) is 18.0 Å². The van der Waals surface area contributed by atoms with Crippen LogP contribution in [0.4, 0.5) is 0 Å². The van der Waals surface area contributed by atoms with Crippen molar-refractivity contribution in [2.45, 2.75) is 39.3 Å². The molecule has 1 atom stereocenters. The lowest BCUT2D eigenvalue weighted by Crippen LogP contribution is -2.34. The van der Waals surface area contributed by atoms with E-state index >= 15 is 0 Å². The minimum Gasteiger partial charge on any atom is -0.468 e. The maximum absolute atomic E-state index is 5.68. The molecular weight excluding hydrogens is 200 g/mol. The number of piperidine rings is 1. The van der Waals surface area contributed by atoms with E-state index in [2.05, 4.69) is 11.8 Å². The van der Waals surface area contributed by atoms with E-state index in [1.165, 1.54) is 32.4 Å². The molecule has 2 heterocycles. The fraction of sp³-hybridized carbons (Fsp3) is 0.692. The first-order valence-corrected chi connectivity index (χ1v) is 6.31. The lowest BCUT2D eigenvalue weighted by Gasteiger charge is -2.31. The summed E-state index contributed by atoms with van der Waals surface area (Å²) >= 11 is 0. The van der Waals surface area contributed by atoms with Crippen molar-refractivity contribution in [2.24, 2.45) is 11.7 Å². The van der Waals surface area contributed by atoms with Gasteiger partial charge in [-0.25, -0.2) is 0 Å². The Morgan fingerprint density at radius 2 is 2.44 bits per heavy atom. The summed E-state index contributed by atoms with van der Waals surface area (Å²) in [6, 6.07) is 1.98. The molecule has 1 saturated heterocycles. The highest BCUT2D eigenvalue weighted by atomic mass is 16.3. The number of hydrogen-bond acceptors (Lipinski definition) is 3. The van der Waals surface area contributed by atoms with Crippen LogP contribution in [0.2, 0.25) is 0 Å². The SMILES string of the molecule is CCC1CCCN(Cc2occc2CN)C1. The zero-order chi connectivity index (χ0) is 11.4. The summed E-state index contributed by atoms with van der Waals surface area (Å²) in [5.74, 6) is 1.92. The standard InChI is InChI=1S/C13H22N2O/c1-2-11-4-3-6-15(9-11)10-13-12(8-14)5-7-16-13/h5,7,11H,2-4,6,8-10,14H2,1H3. The quantitative estimate of drug-likeness (QED) is 0.850. The molecule has 0 radical (unpaired) electrons. The topological polar surface area (TPSA) is 42.4 Å². The second kappa shape index (κ2) is 5.51. The predicted molar refractivity (Wildman–Crippen MR) is 64.9 cm³/mol. The Morgan fingerprint density at radius 1 is 1.56 bits per heavy atom. The second-order valence-electron chi connectivity index (χ2n) is 4.72. The van der Waals surface area contributed by atoms with Crippen LogP contribution in [0.3, 0.4) is 0 Å². The Kier molecular flexibility index (Phi) is 4.02. The molecule has 0 amide bonds. The molecule has 0 aromatic carbocycles. The van der Waals surface area contributed by atoms with E-state index in [1.54, 1.807) is 6.26 Å². The molecule has 1 aliphatic rings. The molecule has 16 heavy (non-hydrogen) atoms. The molecule has 0 bridgehead atoms. The van der Waals surface area contributed by atoms with Gasteiger partial charge < -0.3 is 10.2 Å². The molecule has 0 aliphatic carbocycles. The number of nitrogens with two attached hydrogens (primary N) is 1. The summed E-state index contributed by atoms with van der Waals surface area (Å²) in [5, 5.41) is 0. The third-order valence-corrected chi connectivity index (χ3v) is 3.61. The van der Waals surface area contributed by atoms with Crippen molar-refractivity contribution in [1.82, 2.24) is 4.90 Å². The molecule has 1 aromatic heterocycles. The Labute approximate surface area is 97.6 Å². The molecule has 1 unspecified atom stereocenters. The minimum absolute atomic E-state index is 0.580. The zero-order valence-corrected chi connectivity index (χ0v) is 10.1. The Morgan fingerprint density at radius 3 is 3.19 bits per heavy atom. The van der Waals surface area contributed by atoms with Crippen LogP contribution in [0.25, 0.3) is 0 Å². The predicted octanol–water partition coefficient (Wildman–Crippen LogP) is 2.36. The van der Waals surface area contributed by atoms with Crippen molar-refractivity contribution >= 4 is 0 Å². The summed E-state index contributed by atoms with van der Waals surface area (Å²) in [6.45, 7) is 6.20. The number of likely N-dealkylation sites (tertiary alicyclic amines) is 1. The summed E-state index contributed by atoms with van der Waals surface area (Å²) in [4.78, 5) is 2.50. The monoisotopic (exact) mass is 222 g/mol. The first-order chi connectivity index (χ1) is 7.83. The molecule has 3 nitrogen and oxygen atoms in total. The highest BCUT2D eigenvalue weighted by molar-refractivity contribution is 5.16. The van der Waals surface area contributed by atoms with Crippen molar-refractivity contribution in [3.8, 4) is 0 Å². The average molecular weight is 222 g/mol. The van der Waals surface area contributed by atoms with Gasteiger partial charge in [-0.05, 0) is 31.4 Å². The van der Waals surface area contributed by atoms with Gasteiger partial charge in [0.15, 0.2) is 0 Å². The molecule has 2 N–H and O–H groups in total. The van der Waals surface area contributed by atoms with E-state index in [9.17, 15) is 0 Å². The molecule has 1 fully saturated rings. The van der Waals surface area contributed by atoms with Gasteiger partial charge in [0.1, 0.15) is 5.76 Å². The van der Waals surface area contributed by atoms with Gasteiger partial charge in [0.25, 0.3) is 0 Å². The van der Waals surface area contributed by atoms with E-state index in [1.807, 2.05) is 6.07 Å². The Balaban J connectivity index is 1.93. The first-order valence-electron chi connectivity index (χ1n) is 6.31. The van der Waals surface area contributed by atoms with Crippen LogP contribution < -0.4 is 5.73 Å². The van der Waals surface area contributed by atoms with Crippen LogP contribution in [-0.2, 0) is 13.1 Å². The highest BCUT2D eigenvalue weighted by Crippen LogP contribution is 2.22. The van der Waals surface area contributed by atoms with Crippen LogP contribution >= 0.6 is 0 Å². The molecule has 1 aliphatic heterocycles. The smallest absolute Gasteiger partial charge is 0.122 e. The van der Waals surface area contributed by atoms with Gasteiger partial charge in [-0.3, -0.25) is 4.90 Å². The van der Waals surface area contributed by atoms with E-state index in [-0.39, 0.29) is 0 Å². The number of rotatable bonds is 4. The van der Waals surface area contributed by atoms with Crippen molar-refractivity contribution in [3.05, 3.63) is 23.7 Å². The molecule has 3 heteroatoms. The van der Waals surface area contributed by atoms with E-state index < -0.39 is 0 Å². The molecular formula is C13H22N2O. The summed E-state index contributed by atoms with van der Waals surface area (Å²) in [7, 11) is 0. The van der Waals surface area contributed by atoms with Crippen molar-refractivity contribution in [2.75, 3.05) is 13.1 Å². The Bertz CT molecular complexity index is 321. The summed E-state index contributed by atoms with van der Waals surface area (Å²) in [6.07, 6.45) is 5.74. The van der Waals surface area contributed by atoms with E-state index in [0.29, 0.717) is 6.54 Å². The van der Waals surface area contributed by atoms with Gasteiger partial charge in [0.05, 0.1) is 12.8 Å². The lowest BCUT2D eigenvalue weighted by atomic mass is 9.95. The van der Waals surface area contributed by atoms with Gasteiger partial charge in [0.2, 0.25) is 0 Å². The number of furan rings is 1. The third kappa shape index (κ3) is 2.66. The fourth-order valence-corrected chi connectivity index (χ4v) is 2.52. The van der Waals surface area contributed by atoms with Crippen LogP contribution in [0.1, 0.15) is 37.5 Å². The van der Waals surface area contributed by atoms with Gasteiger partial charge >= 0.3 is 0 Å². The molecule has 90 valence electrons. The minimum atomic E-state index is 0.580. The molecule has 0 saturated carbocycles. The third-order valence-electron chi connectivity index (χ3n) is 3.61. The van der Waals surface area contributed by atoms with Gasteiger partial charge in [-0.1, -0.05) is 13.3 Å². The average Bonchev–Trinajstić information content (AvgIpc) is 2.76. The van der Waals surface area contributed by atoms with Gasteiger partial charge in [0, 0.05) is 18.7 Å². The van der Waals surface area contributed by atoms with E-state index in [4.69, 9.17) is 10.2 Å². The van der Waals surface area contributed by atoms with E-state index in [0.717, 1.165) is 23.8 Å². The summed E-state index contributed by atoms with van der Waals surface area (Å²) < 4.78 is 5.51. The zero-order valence-electron chi connectivity index (χ0n) is 10.1. The number of nitrogens with zero attached hydrogens (tertiary/aromatic N) is 1. The van der Waals surface area contributed by atoms with Crippen molar-refractivity contribution in [1.29, 1.82) is 0 Å². The highest BCUT2D eigenvalue weighted by Gasteiger charge is 2.20. The normalized spacial score (nSPS) is 22.5. The Hall–Kier alpha value is -0.800. The summed E-state index contributed by atoms with van der Waals surface area (Å²) in [5.41, 5.74) is 6.83. The fourth-order valence-electron chi connectivity index (χ4n) is 2.52. The first kappa shape index (κ1) is 11.7. The van der Waals surface area contributed by atoms with Gasteiger partial charge in [-0.2, -0.15) is 0 Å². The number of hydrogen-bond donors (Lipinski definition) is 1. The molecule has 1 aromatic rings. The van der Waals surface area contributed by atoms with Crippen LogP contribution in [0, 0.1) is 5.92 Å². The van der Waals surface area contributed by atoms with Crippen molar-refractivity contribution in [3.63, 3.8) is 0 Å². The largest absolute Gasteiger partial charge is 0.468 e. The molecule has 2 rings (SSSR count). The lowest BCUT2D eigenvalue weighted by molar-refractivity contribution is 0.154. The van der Waals surface area contributed by atoms with Crippen LogP contribution in [0.5, 0.6) is 0 Å². The van der Waals surface area contributed by atoms with Crippen molar-refractivity contribution < 1.29 is 4.42 Å². The molecule has 0 spiro atoms.